The monoisotopic (exact) mass is 278 g/mol. The molecule has 1 aromatic heterocycles. The average Bonchev–Trinajstić information content (AvgIpc) is 2.45. The molecule has 0 amide bonds. The van der Waals surface area contributed by atoms with E-state index in [1.165, 1.54) is 6.42 Å². The topological polar surface area (TPSA) is 55.1 Å². The number of aromatic nitrogens is 1. The van der Waals surface area contributed by atoms with E-state index >= 15 is 0 Å². The van der Waals surface area contributed by atoms with Crippen molar-refractivity contribution in [3.8, 4) is 6.07 Å². The summed E-state index contributed by atoms with van der Waals surface area (Å²) in [6.07, 6.45) is 3.25. The van der Waals surface area contributed by atoms with Gasteiger partial charge in [0.2, 0.25) is 0 Å². The van der Waals surface area contributed by atoms with Crippen LogP contribution in [0.15, 0.2) is 17.2 Å². The molecule has 1 aromatic rings. The molecular formula is C14H18N2O2S. The summed E-state index contributed by atoms with van der Waals surface area (Å²) in [5.74, 6) is 0.783. The van der Waals surface area contributed by atoms with Crippen molar-refractivity contribution in [3.05, 3.63) is 23.4 Å². The molecule has 1 fully saturated rings. The highest BCUT2D eigenvalue weighted by molar-refractivity contribution is 7.99. The molecule has 0 spiro atoms. The summed E-state index contributed by atoms with van der Waals surface area (Å²) in [6, 6.07) is 5.84. The number of nitrogens with zero attached hydrogens (tertiary/aromatic N) is 2. The number of nitriles is 1. The second-order valence-corrected chi connectivity index (χ2v) is 5.52. The fourth-order valence-corrected chi connectivity index (χ4v) is 2.74. The lowest BCUT2D eigenvalue weighted by Crippen LogP contribution is -2.23. The van der Waals surface area contributed by atoms with Gasteiger partial charge in [0.05, 0.1) is 12.2 Å². The minimum Gasteiger partial charge on any atom is -0.353 e. The van der Waals surface area contributed by atoms with E-state index in [0.717, 1.165) is 35.9 Å². The first-order chi connectivity index (χ1) is 9.29. The van der Waals surface area contributed by atoms with Gasteiger partial charge in [-0.1, -0.05) is 0 Å². The molecule has 0 bridgehead atoms. The van der Waals surface area contributed by atoms with Crippen LogP contribution >= 0.6 is 11.8 Å². The summed E-state index contributed by atoms with van der Waals surface area (Å²) < 4.78 is 11.1. The molecule has 102 valence electrons. The van der Waals surface area contributed by atoms with Crippen molar-refractivity contribution < 1.29 is 9.47 Å². The van der Waals surface area contributed by atoms with Crippen LogP contribution in [-0.2, 0) is 9.47 Å². The third-order valence-corrected chi connectivity index (χ3v) is 3.84. The van der Waals surface area contributed by atoms with Crippen LogP contribution in [-0.4, -0.2) is 30.2 Å². The molecule has 2 heterocycles. The van der Waals surface area contributed by atoms with Gasteiger partial charge in [0.15, 0.2) is 6.29 Å². The van der Waals surface area contributed by atoms with E-state index in [0.29, 0.717) is 12.2 Å². The zero-order chi connectivity index (χ0) is 13.5. The fraction of sp³-hybridized carbons (Fsp3) is 0.571. The van der Waals surface area contributed by atoms with Gasteiger partial charge in [-0.2, -0.15) is 5.26 Å². The van der Waals surface area contributed by atoms with Gasteiger partial charge in [-0.25, -0.2) is 4.98 Å². The van der Waals surface area contributed by atoms with Gasteiger partial charge in [-0.05, 0) is 38.3 Å². The lowest BCUT2D eigenvalue weighted by molar-refractivity contribution is -0.158. The van der Waals surface area contributed by atoms with Gasteiger partial charge in [0.25, 0.3) is 0 Å². The molecular weight excluding hydrogens is 260 g/mol. The third-order valence-electron chi connectivity index (χ3n) is 2.88. The Morgan fingerprint density at radius 2 is 2.42 bits per heavy atom. The maximum atomic E-state index is 9.02. The molecule has 1 saturated heterocycles. The highest BCUT2D eigenvalue weighted by Crippen LogP contribution is 2.21. The average molecular weight is 278 g/mol. The summed E-state index contributed by atoms with van der Waals surface area (Å²) in [5, 5.41) is 9.80. The Morgan fingerprint density at radius 1 is 1.53 bits per heavy atom. The SMILES string of the molecule is Cc1ccc(C#N)c(SCCOC2CCCCO2)n1. The minimum atomic E-state index is -0.0461. The maximum Gasteiger partial charge on any atom is 0.157 e. The Hall–Kier alpha value is -1.09. The van der Waals surface area contributed by atoms with Crippen LogP contribution in [0.1, 0.15) is 30.5 Å². The molecule has 0 aliphatic carbocycles. The number of aryl methyl sites for hydroxylation is 1. The number of thioether (sulfide) groups is 1. The summed E-state index contributed by atoms with van der Waals surface area (Å²) in [4.78, 5) is 4.38. The van der Waals surface area contributed by atoms with E-state index in [-0.39, 0.29) is 6.29 Å². The van der Waals surface area contributed by atoms with Crippen LogP contribution in [0.4, 0.5) is 0 Å². The van der Waals surface area contributed by atoms with Crippen molar-refractivity contribution >= 4 is 11.8 Å². The lowest BCUT2D eigenvalue weighted by atomic mass is 10.2. The first-order valence-corrected chi connectivity index (χ1v) is 7.52. The van der Waals surface area contributed by atoms with Crippen molar-refractivity contribution in [2.75, 3.05) is 19.0 Å². The van der Waals surface area contributed by atoms with E-state index in [1.54, 1.807) is 11.8 Å². The van der Waals surface area contributed by atoms with Gasteiger partial charge >= 0.3 is 0 Å². The molecule has 1 aliphatic rings. The van der Waals surface area contributed by atoms with E-state index in [9.17, 15) is 0 Å². The van der Waals surface area contributed by atoms with Gasteiger partial charge in [0, 0.05) is 18.1 Å². The second kappa shape index (κ2) is 7.49. The third kappa shape index (κ3) is 4.50. The fourth-order valence-electron chi connectivity index (χ4n) is 1.89. The summed E-state index contributed by atoms with van der Waals surface area (Å²) in [5.41, 5.74) is 1.56. The van der Waals surface area contributed by atoms with Crippen molar-refractivity contribution in [1.82, 2.24) is 4.98 Å². The van der Waals surface area contributed by atoms with Gasteiger partial charge in [-0.15, -0.1) is 11.8 Å². The Morgan fingerprint density at radius 3 is 3.16 bits per heavy atom. The van der Waals surface area contributed by atoms with Crippen molar-refractivity contribution in [3.63, 3.8) is 0 Å². The zero-order valence-electron chi connectivity index (χ0n) is 11.1. The smallest absolute Gasteiger partial charge is 0.157 e. The predicted octanol–water partition coefficient (Wildman–Crippen LogP) is 2.90. The van der Waals surface area contributed by atoms with Crippen LogP contribution in [0.3, 0.4) is 0 Å². The largest absolute Gasteiger partial charge is 0.353 e. The molecule has 1 atom stereocenters. The standard InChI is InChI=1S/C14H18N2O2S/c1-11-5-6-12(10-15)14(16-11)19-9-8-18-13-4-2-3-7-17-13/h5-6,13H,2-4,7-9H2,1H3. The Kier molecular flexibility index (Phi) is 5.64. The molecule has 0 saturated carbocycles. The molecule has 1 aliphatic heterocycles. The molecule has 19 heavy (non-hydrogen) atoms. The molecule has 4 nitrogen and oxygen atoms in total. The number of rotatable bonds is 5. The Labute approximate surface area is 118 Å². The van der Waals surface area contributed by atoms with Crippen molar-refractivity contribution in [2.45, 2.75) is 37.5 Å². The van der Waals surface area contributed by atoms with E-state index in [4.69, 9.17) is 14.7 Å². The zero-order valence-corrected chi connectivity index (χ0v) is 11.9. The first-order valence-electron chi connectivity index (χ1n) is 6.53. The summed E-state index contributed by atoms with van der Waals surface area (Å²) >= 11 is 1.56. The van der Waals surface area contributed by atoms with E-state index < -0.39 is 0 Å². The number of ether oxygens (including phenoxy) is 2. The van der Waals surface area contributed by atoms with Crippen LogP contribution in [0.2, 0.25) is 0 Å². The molecule has 0 radical (unpaired) electrons. The van der Waals surface area contributed by atoms with Crippen LogP contribution < -0.4 is 0 Å². The van der Waals surface area contributed by atoms with Gasteiger partial charge in [0.1, 0.15) is 11.1 Å². The lowest BCUT2D eigenvalue weighted by Gasteiger charge is -2.22. The van der Waals surface area contributed by atoms with Crippen LogP contribution in [0.5, 0.6) is 0 Å². The molecule has 5 heteroatoms. The number of pyridine rings is 1. The molecule has 2 rings (SSSR count). The Bertz CT molecular complexity index is 453. The van der Waals surface area contributed by atoms with E-state index in [1.807, 2.05) is 19.1 Å². The van der Waals surface area contributed by atoms with E-state index in [2.05, 4.69) is 11.1 Å². The highest BCUT2D eigenvalue weighted by atomic mass is 32.2. The maximum absolute atomic E-state index is 9.02. The second-order valence-electron chi connectivity index (χ2n) is 4.43. The number of hydrogen-bond acceptors (Lipinski definition) is 5. The first kappa shape index (κ1) is 14.3. The predicted molar refractivity (Wildman–Crippen MR) is 74.0 cm³/mol. The van der Waals surface area contributed by atoms with Crippen LogP contribution in [0.25, 0.3) is 0 Å². The van der Waals surface area contributed by atoms with Crippen molar-refractivity contribution in [1.29, 1.82) is 5.26 Å². The van der Waals surface area contributed by atoms with Crippen molar-refractivity contribution in [2.24, 2.45) is 0 Å². The Balaban J connectivity index is 1.76. The molecule has 0 N–H and O–H groups in total. The quantitative estimate of drug-likeness (QED) is 0.612. The normalized spacial score (nSPS) is 19.1. The van der Waals surface area contributed by atoms with Gasteiger partial charge < -0.3 is 9.47 Å². The number of hydrogen-bond donors (Lipinski definition) is 0. The minimum absolute atomic E-state index is 0.0461. The highest BCUT2D eigenvalue weighted by Gasteiger charge is 2.13. The van der Waals surface area contributed by atoms with Crippen LogP contribution in [0, 0.1) is 18.3 Å². The molecule has 1 unspecified atom stereocenters. The van der Waals surface area contributed by atoms with Gasteiger partial charge in [-0.3, -0.25) is 0 Å². The summed E-state index contributed by atoms with van der Waals surface area (Å²) in [6.45, 7) is 3.35. The molecule has 0 aromatic carbocycles. The summed E-state index contributed by atoms with van der Waals surface area (Å²) in [7, 11) is 0.